The molecule has 1 heterocycles. The van der Waals surface area contributed by atoms with Gasteiger partial charge in [-0.15, -0.1) is 26.3 Å². The van der Waals surface area contributed by atoms with Crippen LogP contribution in [0.1, 0.15) is 64.7 Å². The molecule has 0 spiro atoms. The summed E-state index contributed by atoms with van der Waals surface area (Å²) >= 11 is 0. The largest absolute Gasteiger partial charge is 0.378 e. The van der Waals surface area contributed by atoms with Crippen molar-refractivity contribution in [1.82, 2.24) is 5.06 Å². The lowest BCUT2D eigenvalue weighted by Crippen LogP contribution is -2.65. The zero-order valence-electron chi connectivity index (χ0n) is 16.1. The molecule has 1 aliphatic heterocycles. The Bertz CT molecular complexity index is 389. The maximum absolute atomic E-state index is 11.3. The standard InChI is InChI=1S/C22H37NO2/c1-6-11-12-17-25-20-18-21(13-7-2,14-8-3)23(24)22(19-20,15-9-4)16-10-5/h7-10,20,24H,2-6,11-19H2,1H3. The number of unbranched alkanes of at least 4 members (excludes halogenated alkanes) is 2. The molecule has 0 aromatic heterocycles. The van der Waals surface area contributed by atoms with Crippen LogP contribution in [0.25, 0.3) is 0 Å². The van der Waals surface area contributed by atoms with Gasteiger partial charge in [-0.05, 0) is 44.9 Å². The van der Waals surface area contributed by atoms with E-state index in [1.807, 2.05) is 24.3 Å². The first-order chi connectivity index (χ1) is 12.0. The van der Waals surface area contributed by atoms with Crippen molar-refractivity contribution >= 4 is 0 Å². The third-order valence-electron chi connectivity index (χ3n) is 5.31. The smallest absolute Gasteiger partial charge is 0.0612 e. The van der Waals surface area contributed by atoms with E-state index in [1.165, 1.54) is 12.8 Å². The van der Waals surface area contributed by atoms with Crippen molar-refractivity contribution in [3.05, 3.63) is 50.6 Å². The summed E-state index contributed by atoms with van der Waals surface area (Å²) in [6.07, 6.45) is 15.5. The minimum Gasteiger partial charge on any atom is -0.378 e. The number of nitrogens with zero attached hydrogens (tertiary/aromatic N) is 1. The van der Waals surface area contributed by atoms with Gasteiger partial charge >= 0.3 is 0 Å². The van der Waals surface area contributed by atoms with Gasteiger partial charge in [0.2, 0.25) is 0 Å². The van der Waals surface area contributed by atoms with Crippen molar-refractivity contribution in [2.45, 2.75) is 81.9 Å². The molecular formula is C22H37NO2. The Morgan fingerprint density at radius 3 is 1.72 bits per heavy atom. The number of hydrogen-bond acceptors (Lipinski definition) is 3. The number of ether oxygens (including phenoxy) is 1. The van der Waals surface area contributed by atoms with Crippen LogP contribution in [0, 0.1) is 0 Å². The first-order valence-corrected chi connectivity index (χ1v) is 9.58. The zero-order chi connectivity index (χ0) is 18.8. The number of hydrogen-bond donors (Lipinski definition) is 1. The van der Waals surface area contributed by atoms with E-state index in [1.54, 1.807) is 5.06 Å². The fraction of sp³-hybridized carbons (Fsp3) is 0.636. The highest BCUT2D eigenvalue weighted by Crippen LogP contribution is 2.46. The quantitative estimate of drug-likeness (QED) is 0.336. The molecule has 0 atom stereocenters. The van der Waals surface area contributed by atoms with E-state index >= 15 is 0 Å². The summed E-state index contributed by atoms with van der Waals surface area (Å²) in [5.41, 5.74) is -0.855. The molecule has 1 fully saturated rings. The predicted octanol–water partition coefficient (Wildman–Crippen LogP) is 5.83. The third kappa shape index (κ3) is 5.40. The lowest BCUT2D eigenvalue weighted by atomic mass is 9.71. The van der Waals surface area contributed by atoms with Crippen LogP contribution >= 0.6 is 0 Å². The monoisotopic (exact) mass is 347 g/mol. The molecule has 0 saturated carbocycles. The lowest BCUT2D eigenvalue weighted by molar-refractivity contribution is -0.278. The van der Waals surface area contributed by atoms with Crippen molar-refractivity contribution in [3.63, 3.8) is 0 Å². The Morgan fingerprint density at radius 2 is 1.36 bits per heavy atom. The molecule has 25 heavy (non-hydrogen) atoms. The van der Waals surface area contributed by atoms with Crippen LogP contribution < -0.4 is 0 Å². The first-order valence-electron chi connectivity index (χ1n) is 9.58. The molecule has 1 aliphatic rings. The van der Waals surface area contributed by atoms with Crippen LogP contribution in [0.4, 0.5) is 0 Å². The fourth-order valence-electron chi connectivity index (χ4n) is 4.24. The second kappa shape index (κ2) is 10.7. The molecule has 1 rings (SSSR count). The van der Waals surface area contributed by atoms with Crippen molar-refractivity contribution in [3.8, 4) is 0 Å². The molecule has 0 bridgehead atoms. The average molecular weight is 348 g/mol. The van der Waals surface area contributed by atoms with E-state index in [4.69, 9.17) is 4.74 Å². The highest BCUT2D eigenvalue weighted by atomic mass is 16.5. The molecule has 0 aromatic carbocycles. The van der Waals surface area contributed by atoms with Gasteiger partial charge in [0.25, 0.3) is 0 Å². The zero-order valence-corrected chi connectivity index (χ0v) is 16.1. The minimum atomic E-state index is -0.427. The van der Waals surface area contributed by atoms with Gasteiger partial charge in [-0.2, -0.15) is 5.06 Å². The number of rotatable bonds is 13. The Morgan fingerprint density at radius 1 is 0.920 bits per heavy atom. The highest BCUT2D eigenvalue weighted by molar-refractivity contribution is 5.12. The topological polar surface area (TPSA) is 32.7 Å². The molecule has 142 valence electrons. The van der Waals surface area contributed by atoms with Crippen LogP contribution in [0.3, 0.4) is 0 Å². The summed E-state index contributed by atoms with van der Waals surface area (Å²) < 4.78 is 6.25. The van der Waals surface area contributed by atoms with Crippen molar-refractivity contribution in [2.75, 3.05) is 6.61 Å². The minimum absolute atomic E-state index is 0.111. The molecule has 3 heteroatoms. The number of piperidine rings is 1. The van der Waals surface area contributed by atoms with Crippen LogP contribution in [0.15, 0.2) is 50.6 Å². The third-order valence-corrected chi connectivity index (χ3v) is 5.31. The van der Waals surface area contributed by atoms with Gasteiger partial charge in [0.15, 0.2) is 0 Å². The fourth-order valence-corrected chi connectivity index (χ4v) is 4.24. The van der Waals surface area contributed by atoms with E-state index in [9.17, 15) is 5.21 Å². The average Bonchev–Trinajstić information content (AvgIpc) is 2.57. The van der Waals surface area contributed by atoms with Gasteiger partial charge in [0.05, 0.1) is 17.2 Å². The Balaban J connectivity index is 3.12. The Hall–Kier alpha value is -1.16. The van der Waals surface area contributed by atoms with Gasteiger partial charge in [0.1, 0.15) is 0 Å². The lowest BCUT2D eigenvalue weighted by Gasteiger charge is -2.56. The van der Waals surface area contributed by atoms with Gasteiger partial charge < -0.3 is 9.94 Å². The van der Waals surface area contributed by atoms with Crippen molar-refractivity contribution in [2.24, 2.45) is 0 Å². The Labute approximate surface area is 154 Å². The maximum Gasteiger partial charge on any atom is 0.0612 e. The van der Waals surface area contributed by atoms with Crippen LogP contribution in [0.2, 0.25) is 0 Å². The van der Waals surface area contributed by atoms with Crippen molar-refractivity contribution in [1.29, 1.82) is 0 Å². The summed E-state index contributed by atoms with van der Waals surface area (Å²) in [4.78, 5) is 0. The van der Waals surface area contributed by atoms with E-state index < -0.39 is 11.1 Å². The molecule has 3 nitrogen and oxygen atoms in total. The predicted molar refractivity (Wildman–Crippen MR) is 107 cm³/mol. The summed E-state index contributed by atoms with van der Waals surface area (Å²) in [5.74, 6) is 0. The molecule has 0 unspecified atom stereocenters. The number of hydroxylamine groups is 2. The summed E-state index contributed by atoms with van der Waals surface area (Å²) in [5, 5.41) is 12.8. The molecular weight excluding hydrogens is 310 g/mol. The summed E-state index contributed by atoms with van der Waals surface area (Å²) in [7, 11) is 0. The van der Waals surface area contributed by atoms with Crippen LogP contribution in [-0.4, -0.2) is 34.1 Å². The molecule has 0 aliphatic carbocycles. The first kappa shape index (κ1) is 21.9. The normalized spacial score (nSPS) is 20.1. The highest BCUT2D eigenvalue weighted by Gasteiger charge is 2.52. The second-order valence-electron chi connectivity index (χ2n) is 7.34. The van der Waals surface area contributed by atoms with Gasteiger partial charge in [0, 0.05) is 6.61 Å². The molecule has 1 saturated heterocycles. The van der Waals surface area contributed by atoms with Gasteiger partial charge in [-0.1, -0.05) is 44.1 Å². The molecule has 0 radical (unpaired) electrons. The van der Waals surface area contributed by atoms with Crippen LogP contribution in [-0.2, 0) is 4.74 Å². The SMILES string of the molecule is C=CCC1(CC=C)CC(OCCCCC)CC(CC=C)(CC=C)N1O. The van der Waals surface area contributed by atoms with Crippen LogP contribution in [0.5, 0.6) is 0 Å². The van der Waals surface area contributed by atoms with Gasteiger partial charge in [-0.25, -0.2) is 0 Å². The second-order valence-corrected chi connectivity index (χ2v) is 7.34. The van der Waals surface area contributed by atoms with E-state index in [2.05, 4.69) is 33.2 Å². The van der Waals surface area contributed by atoms with E-state index in [-0.39, 0.29) is 6.10 Å². The van der Waals surface area contributed by atoms with Crippen molar-refractivity contribution < 1.29 is 9.94 Å². The summed E-state index contributed by atoms with van der Waals surface area (Å²) in [6.45, 7) is 18.6. The molecule has 0 amide bonds. The van der Waals surface area contributed by atoms with E-state index in [0.29, 0.717) is 25.7 Å². The Kier molecular flexibility index (Phi) is 9.41. The molecule has 1 N–H and O–H groups in total. The maximum atomic E-state index is 11.3. The van der Waals surface area contributed by atoms with E-state index in [0.717, 1.165) is 25.9 Å². The summed E-state index contributed by atoms with van der Waals surface area (Å²) in [6, 6.07) is 0. The molecule has 0 aromatic rings. The van der Waals surface area contributed by atoms with Gasteiger partial charge in [-0.3, -0.25) is 0 Å².